The van der Waals surface area contributed by atoms with Crippen LogP contribution in [0, 0.1) is 0 Å². The number of likely N-dealkylation sites (N-methyl/N-ethyl adjacent to an activating group) is 1. The molecule has 1 saturated heterocycles. The second-order valence-corrected chi connectivity index (χ2v) is 7.15. The summed E-state index contributed by atoms with van der Waals surface area (Å²) in [6.07, 6.45) is 6.38. The van der Waals surface area contributed by atoms with E-state index in [1.54, 1.807) is 19.0 Å². The Balaban J connectivity index is 0.00000220. The van der Waals surface area contributed by atoms with Gasteiger partial charge in [-0.3, -0.25) is 4.79 Å². The molecule has 21 heavy (non-hydrogen) atoms. The number of guanidine groups is 1. The van der Waals surface area contributed by atoms with Gasteiger partial charge >= 0.3 is 0 Å². The quantitative estimate of drug-likeness (QED) is 0.399. The molecule has 0 bridgehead atoms. The van der Waals surface area contributed by atoms with Crippen LogP contribution in [0.15, 0.2) is 4.99 Å². The molecule has 1 unspecified atom stereocenters. The third-order valence-electron chi connectivity index (χ3n) is 3.56. The van der Waals surface area contributed by atoms with Crippen LogP contribution in [0.5, 0.6) is 0 Å². The van der Waals surface area contributed by atoms with Crippen molar-refractivity contribution in [3.63, 3.8) is 0 Å². The van der Waals surface area contributed by atoms with Gasteiger partial charge in [-0.2, -0.15) is 11.8 Å². The first-order valence-electron chi connectivity index (χ1n) is 7.52. The number of halogens is 1. The van der Waals surface area contributed by atoms with Crippen LogP contribution in [0.25, 0.3) is 0 Å². The number of nitrogens with one attached hydrogen (secondary N) is 2. The lowest BCUT2D eigenvalue weighted by atomic mass is 10.2. The normalized spacial score (nSPS) is 22.2. The number of amides is 1. The summed E-state index contributed by atoms with van der Waals surface area (Å²) < 4.78 is 0. The maximum atomic E-state index is 11.6. The van der Waals surface area contributed by atoms with Gasteiger partial charge in [-0.1, -0.05) is 6.42 Å². The maximum absolute atomic E-state index is 11.6. The molecule has 0 aromatic heterocycles. The molecule has 0 aromatic rings. The fraction of sp³-hybridized carbons (Fsp3) is 0.857. The lowest BCUT2D eigenvalue weighted by molar-refractivity contribution is -0.127. The first kappa shape index (κ1) is 18.9. The van der Waals surface area contributed by atoms with Crippen LogP contribution in [-0.4, -0.2) is 61.0 Å². The van der Waals surface area contributed by atoms with E-state index in [9.17, 15) is 4.79 Å². The van der Waals surface area contributed by atoms with E-state index in [1.807, 2.05) is 11.8 Å². The lowest BCUT2D eigenvalue weighted by Crippen LogP contribution is -2.42. The first-order chi connectivity index (χ1) is 9.65. The number of hydrogen-bond acceptors (Lipinski definition) is 3. The standard InChI is InChI=1S/C14H26N4OS.HI/c1-18(2)13(19)10-16-14(17-11-6-7-11)15-9-12-5-3-4-8-20-12;/h11-12H,3-10H2,1-2H3,(H2,15,16,17);1H. The van der Waals surface area contributed by atoms with Gasteiger partial charge in [0, 0.05) is 31.9 Å². The Morgan fingerprint density at radius 1 is 1.29 bits per heavy atom. The van der Waals surface area contributed by atoms with Gasteiger partial charge in [0.25, 0.3) is 0 Å². The van der Waals surface area contributed by atoms with Crippen molar-refractivity contribution in [2.75, 3.05) is 32.9 Å². The number of hydrogen-bond donors (Lipinski definition) is 2. The van der Waals surface area contributed by atoms with E-state index in [0.29, 0.717) is 11.3 Å². The van der Waals surface area contributed by atoms with Crippen LogP contribution < -0.4 is 10.6 Å². The van der Waals surface area contributed by atoms with Crippen molar-refractivity contribution in [1.29, 1.82) is 0 Å². The van der Waals surface area contributed by atoms with Crippen LogP contribution >= 0.6 is 35.7 Å². The highest BCUT2D eigenvalue weighted by Gasteiger charge is 2.23. The molecule has 1 aliphatic carbocycles. The van der Waals surface area contributed by atoms with E-state index >= 15 is 0 Å². The molecule has 5 nitrogen and oxygen atoms in total. The fourth-order valence-electron chi connectivity index (χ4n) is 2.04. The van der Waals surface area contributed by atoms with Gasteiger partial charge in [-0.15, -0.1) is 24.0 Å². The molecule has 2 N–H and O–H groups in total. The molecular formula is C14H27IN4OS. The zero-order valence-corrected chi connectivity index (χ0v) is 16.1. The molecule has 1 amide bonds. The molecule has 7 heteroatoms. The number of nitrogens with zero attached hydrogens (tertiary/aromatic N) is 2. The zero-order chi connectivity index (χ0) is 14.4. The van der Waals surface area contributed by atoms with Crippen molar-refractivity contribution >= 4 is 47.6 Å². The number of carbonyl (C=O) groups is 1. The summed E-state index contributed by atoms with van der Waals surface area (Å²) in [6.45, 7) is 1.16. The van der Waals surface area contributed by atoms with E-state index in [1.165, 1.54) is 37.9 Å². The van der Waals surface area contributed by atoms with Crippen LogP contribution in [-0.2, 0) is 4.79 Å². The van der Waals surface area contributed by atoms with Gasteiger partial charge in [-0.05, 0) is 31.4 Å². The van der Waals surface area contributed by atoms with Crippen molar-refractivity contribution in [3.05, 3.63) is 0 Å². The van der Waals surface area contributed by atoms with Gasteiger partial charge in [0.1, 0.15) is 6.54 Å². The number of rotatable bonds is 5. The minimum Gasteiger partial charge on any atom is -0.355 e. The average molecular weight is 426 g/mol. The molecule has 2 fully saturated rings. The third-order valence-corrected chi connectivity index (χ3v) is 4.96. The maximum Gasteiger partial charge on any atom is 0.243 e. The Hall–Kier alpha value is -0.180. The summed E-state index contributed by atoms with van der Waals surface area (Å²) in [4.78, 5) is 17.6. The molecule has 122 valence electrons. The summed E-state index contributed by atoms with van der Waals surface area (Å²) in [6, 6.07) is 0.551. The minimum absolute atomic E-state index is 0. The molecule has 0 radical (unpaired) electrons. The Morgan fingerprint density at radius 3 is 2.62 bits per heavy atom. The molecule has 2 rings (SSSR count). The summed E-state index contributed by atoms with van der Waals surface area (Å²) in [5, 5.41) is 7.47. The number of carbonyl (C=O) groups excluding carboxylic acids is 1. The molecule has 0 aromatic carbocycles. The highest BCUT2D eigenvalue weighted by Crippen LogP contribution is 2.24. The van der Waals surface area contributed by atoms with E-state index < -0.39 is 0 Å². The highest BCUT2D eigenvalue weighted by atomic mass is 127. The summed E-state index contributed by atoms with van der Waals surface area (Å²) in [7, 11) is 3.52. The smallest absolute Gasteiger partial charge is 0.243 e. The van der Waals surface area contributed by atoms with Crippen LogP contribution in [0.2, 0.25) is 0 Å². The fourth-order valence-corrected chi connectivity index (χ4v) is 3.28. The monoisotopic (exact) mass is 426 g/mol. The largest absolute Gasteiger partial charge is 0.355 e. The van der Waals surface area contributed by atoms with Crippen molar-refractivity contribution < 1.29 is 4.79 Å². The third kappa shape index (κ3) is 7.58. The molecule has 1 aliphatic heterocycles. The topological polar surface area (TPSA) is 56.7 Å². The zero-order valence-electron chi connectivity index (χ0n) is 12.9. The van der Waals surface area contributed by atoms with Crippen molar-refractivity contribution in [1.82, 2.24) is 15.5 Å². The minimum atomic E-state index is 0. The SMILES string of the molecule is CN(C)C(=O)CN=C(NCC1CCCCS1)NC1CC1.I. The number of aliphatic imine (C=N–C) groups is 1. The van der Waals surface area contributed by atoms with Gasteiger partial charge in [0.15, 0.2) is 5.96 Å². The van der Waals surface area contributed by atoms with Crippen molar-refractivity contribution in [2.45, 2.75) is 43.4 Å². The van der Waals surface area contributed by atoms with Gasteiger partial charge < -0.3 is 15.5 Å². The van der Waals surface area contributed by atoms with Crippen molar-refractivity contribution in [3.8, 4) is 0 Å². The molecule has 2 aliphatic rings. The summed E-state index contributed by atoms with van der Waals surface area (Å²) in [5.41, 5.74) is 0. The Kier molecular flexibility index (Phi) is 8.77. The van der Waals surface area contributed by atoms with Gasteiger partial charge in [0.05, 0.1) is 0 Å². The van der Waals surface area contributed by atoms with Crippen LogP contribution in [0.4, 0.5) is 0 Å². The van der Waals surface area contributed by atoms with E-state index in [0.717, 1.165) is 12.5 Å². The second-order valence-electron chi connectivity index (χ2n) is 5.74. The predicted molar refractivity (Wildman–Crippen MR) is 101 cm³/mol. The van der Waals surface area contributed by atoms with Crippen molar-refractivity contribution in [2.24, 2.45) is 4.99 Å². The Morgan fingerprint density at radius 2 is 2.05 bits per heavy atom. The molecular weight excluding hydrogens is 399 g/mol. The van der Waals surface area contributed by atoms with E-state index in [-0.39, 0.29) is 36.4 Å². The average Bonchev–Trinajstić information content (AvgIpc) is 3.26. The van der Waals surface area contributed by atoms with E-state index in [2.05, 4.69) is 15.6 Å². The highest BCUT2D eigenvalue weighted by molar-refractivity contribution is 14.0. The van der Waals surface area contributed by atoms with Gasteiger partial charge in [-0.25, -0.2) is 4.99 Å². The Bertz CT molecular complexity index is 355. The lowest BCUT2D eigenvalue weighted by Gasteiger charge is -2.22. The van der Waals surface area contributed by atoms with E-state index in [4.69, 9.17) is 0 Å². The Labute approximate surface area is 149 Å². The first-order valence-corrected chi connectivity index (χ1v) is 8.56. The number of thioether (sulfide) groups is 1. The summed E-state index contributed by atoms with van der Waals surface area (Å²) in [5.74, 6) is 2.11. The van der Waals surface area contributed by atoms with Gasteiger partial charge in [0.2, 0.25) is 5.91 Å². The molecule has 0 spiro atoms. The van der Waals surface area contributed by atoms with Crippen LogP contribution in [0.3, 0.4) is 0 Å². The molecule has 1 heterocycles. The predicted octanol–water partition coefficient (Wildman–Crippen LogP) is 1.68. The molecule has 1 atom stereocenters. The summed E-state index contributed by atoms with van der Waals surface area (Å²) >= 11 is 2.05. The van der Waals surface area contributed by atoms with Crippen LogP contribution in [0.1, 0.15) is 32.1 Å². The second kappa shape index (κ2) is 9.76. The molecule has 1 saturated carbocycles.